The average molecular weight is 757 g/mol. The van der Waals surface area contributed by atoms with Crippen LogP contribution in [0.25, 0.3) is 105 Å². The van der Waals surface area contributed by atoms with Crippen molar-refractivity contribution < 1.29 is 0 Å². The highest BCUT2D eigenvalue weighted by Gasteiger charge is 2.19. The molecule has 0 aliphatic carbocycles. The summed E-state index contributed by atoms with van der Waals surface area (Å²) in [5, 5.41) is 5.98. The molecule has 0 unspecified atom stereocenters. The average Bonchev–Trinajstić information content (AvgIpc) is 3.85. The van der Waals surface area contributed by atoms with Gasteiger partial charge in [-0.15, -0.1) is 0 Å². The summed E-state index contributed by atoms with van der Waals surface area (Å²) < 4.78 is 4.74. The van der Waals surface area contributed by atoms with Crippen molar-refractivity contribution in [1.82, 2.24) is 28.9 Å². The summed E-state index contributed by atoms with van der Waals surface area (Å²) in [6.45, 7) is 5.90. The summed E-state index contributed by atoms with van der Waals surface area (Å²) in [5.74, 6) is 1.83. The van der Waals surface area contributed by atoms with Crippen LogP contribution >= 0.6 is 0 Å². The third kappa shape index (κ3) is 5.64. The number of allylic oxidation sites excluding steroid dienone is 5. The van der Waals surface area contributed by atoms with Gasteiger partial charge in [-0.25, -0.2) is 19.9 Å². The summed E-state index contributed by atoms with van der Waals surface area (Å²) in [4.78, 5) is 19.9. The highest BCUT2D eigenvalue weighted by atomic mass is 15.0. The summed E-state index contributed by atoms with van der Waals surface area (Å²) in [6, 6.07) is 57.9. The number of hydrogen-bond donors (Lipinski definition) is 0. The van der Waals surface area contributed by atoms with Gasteiger partial charge < -0.3 is 4.57 Å². The maximum absolute atomic E-state index is 5.15. The van der Waals surface area contributed by atoms with E-state index in [9.17, 15) is 0 Å². The molecular weight excluding hydrogens is 721 g/mol. The van der Waals surface area contributed by atoms with E-state index in [-0.39, 0.29) is 0 Å². The van der Waals surface area contributed by atoms with Crippen molar-refractivity contribution in [3.8, 4) is 39.6 Å². The van der Waals surface area contributed by atoms with Crippen LogP contribution in [0.3, 0.4) is 0 Å². The molecule has 0 fully saturated rings. The van der Waals surface area contributed by atoms with Gasteiger partial charge in [-0.2, -0.15) is 0 Å². The zero-order valence-electron chi connectivity index (χ0n) is 32.3. The minimum Gasteiger partial charge on any atom is -0.309 e. The molecule has 0 saturated carbocycles. The molecule has 11 rings (SSSR count). The molecule has 0 amide bonds. The lowest BCUT2D eigenvalue weighted by atomic mass is 10.0. The molecule has 7 aromatic carbocycles. The SMILES string of the molecule is C=C/C=C(\C=C/C)c1nc(-c2ccccc2)nc(-c2ccc(-c3cccc(-n4c5ccccc5c5cc6c7ccccc7c7nc8ccccc8n7c6cc54)c3)cc2)n1. The van der Waals surface area contributed by atoms with Gasteiger partial charge in [0.2, 0.25) is 0 Å². The molecular formula is C53H36N6. The monoisotopic (exact) mass is 756 g/mol. The van der Waals surface area contributed by atoms with Crippen molar-refractivity contribution in [2.75, 3.05) is 0 Å². The zero-order chi connectivity index (χ0) is 39.5. The van der Waals surface area contributed by atoms with Gasteiger partial charge in [0.1, 0.15) is 5.65 Å². The van der Waals surface area contributed by atoms with E-state index in [4.69, 9.17) is 19.9 Å². The molecule has 0 atom stereocenters. The summed E-state index contributed by atoms with van der Waals surface area (Å²) >= 11 is 0. The van der Waals surface area contributed by atoms with Gasteiger partial charge in [0.05, 0.1) is 27.6 Å². The Balaban J connectivity index is 1.06. The minimum atomic E-state index is 0.595. The van der Waals surface area contributed by atoms with Crippen LogP contribution in [-0.2, 0) is 0 Å². The quantitative estimate of drug-likeness (QED) is 0.120. The van der Waals surface area contributed by atoms with Gasteiger partial charge >= 0.3 is 0 Å². The van der Waals surface area contributed by atoms with Crippen LogP contribution in [0.1, 0.15) is 12.7 Å². The Labute approximate surface area is 340 Å². The van der Waals surface area contributed by atoms with Crippen molar-refractivity contribution in [2.45, 2.75) is 6.92 Å². The molecule has 0 bridgehead atoms. The van der Waals surface area contributed by atoms with E-state index in [0.717, 1.165) is 72.1 Å². The predicted molar refractivity (Wildman–Crippen MR) is 245 cm³/mol. The normalized spacial score (nSPS) is 12.3. The summed E-state index contributed by atoms with van der Waals surface area (Å²) in [6.07, 6.45) is 7.65. The first-order valence-electron chi connectivity index (χ1n) is 19.8. The number of benzene rings is 7. The maximum Gasteiger partial charge on any atom is 0.164 e. The molecule has 6 nitrogen and oxygen atoms in total. The number of pyridine rings is 1. The maximum atomic E-state index is 5.15. The fraction of sp³-hybridized carbons (Fsp3) is 0.0189. The number of aromatic nitrogens is 6. The Hall–Kier alpha value is -7.96. The van der Waals surface area contributed by atoms with Crippen molar-refractivity contribution in [2.24, 2.45) is 0 Å². The van der Waals surface area contributed by atoms with Crippen LogP contribution in [0.2, 0.25) is 0 Å². The van der Waals surface area contributed by atoms with Crippen molar-refractivity contribution in [1.29, 1.82) is 0 Å². The van der Waals surface area contributed by atoms with E-state index < -0.39 is 0 Å². The number of hydrogen-bond acceptors (Lipinski definition) is 4. The fourth-order valence-corrected chi connectivity index (χ4v) is 8.54. The molecule has 0 N–H and O–H groups in total. The lowest BCUT2D eigenvalue weighted by Crippen LogP contribution is -2.02. The van der Waals surface area contributed by atoms with Crippen LogP contribution in [0.15, 0.2) is 195 Å². The van der Waals surface area contributed by atoms with E-state index >= 15 is 0 Å². The smallest absolute Gasteiger partial charge is 0.164 e. The van der Waals surface area contributed by atoms with E-state index in [1.807, 2.05) is 55.5 Å². The summed E-state index contributed by atoms with van der Waals surface area (Å²) in [7, 11) is 0. The molecule has 59 heavy (non-hydrogen) atoms. The second-order valence-corrected chi connectivity index (χ2v) is 14.7. The lowest BCUT2D eigenvalue weighted by Gasteiger charge is -2.13. The highest BCUT2D eigenvalue weighted by molar-refractivity contribution is 6.20. The first-order chi connectivity index (χ1) is 29.2. The number of imidazole rings is 1. The van der Waals surface area contributed by atoms with E-state index in [1.165, 1.54) is 21.5 Å². The molecule has 0 radical (unpaired) electrons. The van der Waals surface area contributed by atoms with E-state index in [2.05, 4.69) is 149 Å². The Morgan fingerprint density at radius 2 is 1.14 bits per heavy atom. The Bertz CT molecular complexity index is 3520. The van der Waals surface area contributed by atoms with Gasteiger partial charge in [0.25, 0.3) is 0 Å². The fourth-order valence-electron chi connectivity index (χ4n) is 8.54. The number of rotatable bonds is 7. The minimum absolute atomic E-state index is 0.595. The van der Waals surface area contributed by atoms with Crippen molar-refractivity contribution in [3.63, 3.8) is 0 Å². The second kappa shape index (κ2) is 13.9. The first kappa shape index (κ1) is 34.3. The molecule has 278 valence electrons. The highest BCUT2D eigenvalue weighted by Crippen LogP contribution is 2.40. The van der Waals surface area contributed by atoms with Crippen molar-refractivity contribution >= 4 is 65.7 Å². The van der Waals surface area contributed by atoms with Gasteiger partial charge in [-0.05, 0) is 65.9 Å². The molecule has 0 spiro atoms. The third-order valence-corrected chi connectivity index (χ3v) is 11.2. The molecule has 0 aliphatic rings. The van der Waals surface area contributed by atoms with Crippen LogP contribution in [0.5, 0.6) is 0 Å². The molecule has 6 heteroatoms. The van der Waals surface area contributed by atoms with Gasteiger partial charge in [-0.3, -0.25) is 4.40 Å². The predicted octanol–water partition coefficient (Wildman–Crippen LogP) is 13.2. The van der Waals surface area contributed by atoms with Gasteiger partial charge in [-0.1, -0.05) is 152 Å². The standard InChI is InChI=1S/C53H36N6/c1-3-15-35(16-4-2)50-55-51(36-17-6-5-7-18-36)57-52(56-50)37-29-27-34(28-30-37)38-19-14-20-39(31-38)58-46-25-12-10-22-41(46)44-32-43-40-21-8-9-23-42(40)53-54-45-24-11-13-26-47(45)59(53)49(43)33-48(44)58/h3-33H,1H2,2H3/b16-4-,35-15+. The molecule has 4 heterocycles. The Morgan fingerprint density at radius 3 is 1.92 bits per heavy atom. The Morgan fingerprint density at radius 1 is 0.492 bits per heavy atom. The number of fused-ring (bicyclic) bond motifs is 11. The van der Waals surface area contributed by atoms with Crippen molar-refractivity contribution in [3.05, 3.63) is 200 Å². The Kier molecular flexibility index (Phi) is 8.08. The summed E-state index contributed by atoms with van der Waals surface area (Å²) in [5.41, 5.74) is 12.5. The molecule has 0 saturated heterocycles. The van der Waals surface area contributed by atoms with Crippen LogP contribution < -0.4 is 0 Å². The molecule has 4 aromatic heterocycles. The number of para-hydroxylation sites is 3. The van der Waals surface area contributed by atoms with Gasteiger partial charge in [0.15, 0.2) is 17.5 Å². The topological polar surface area (TPSA) is 60.9 Å². The largest absolute Gasteiger partial charge is 0.309 e. The van der Waals surface area contributed by atoms with Crippen LogP contribution in [0.4, 0.5) is 0 Å². The lowest BCUT2D eigenvalue weighted by molar-refractivity contribution is 1.04. The third-order valence-electron chi connectivity index (χ3n) is 11.2. The number of nitrogens with zero attached hydrogens (tertiary/aromatic N) is 6. The first-order valence-corrected chi connectivity index (χ1v) is 19.8. The zero-order valence-corrected chi connectivity index (χ0v) is 32.3. The van der Waals surface area contributed by atoms with Crippen LogP contribution in [-0.4, -0.2) is 28.9 Å². The van der Waals surface area contributed by atoms with E-state index in [1.54, 1.807) is 6.08 Å². The second-order valence-electron chi connectivity index (χ2n) is 14.7. The molecule has 11 aromatic rings. The van der Waals surface area contributed by atoms with Crippen LogP contribution in [0, 0.1) is 0 Å². The van der Waals surface area contributed by atoms with E-state index in [0.29, 0.717) is 17.5 Å². The van der Waals surface area contributed by atoms with Gasteiger partial charge in [0, 0.05) is 43.9 Å². The molecule has 0 aliphatic heterocycles.